The van der Waals surface area contributed by atoms with E-state index in [1.165, 1.54) is 5.56 Å². The molecule has 0 spiro atoms. The molecule has 3 rings (SSSR count). The van der Waals surface area contributed by atoms with Crippen LogP contribution in [0.4, 0.5) is 11.4 Å². The van der Waals surface area contributed by atoms with Gasteiger partial charge < -0.3 is 10.2 Å². The Morgan fingerprint density at radius 1 is 0.968 bits per heavy atom. The van der Waals surface area contributed by atoms with Crippen LogP contribution < -0.4 is 10.2 Å². The smallest absolute Gasteiger partial charge is 0.266 e. The number of nitriles is 1. The summed E-state index contributed by atoms with van der Waals surface area (Å²) in [5.41, 5.74) is 5.93. The lowest BCUT2D eigenvalue weighted by molar-refractivity contribution is -0.112. The number of anilines is 2. The predicted octanol–water partition coefficient (Wildman–Crippen LogP) is 5.88. The Hall–Kier alpha value is -3.84. The number of aryl methyl sites for hydroxylation is 2. The van der Waals surface area contributed by atoms with Crippen molar-refractivity contribution in [1.29, 1.82) is 5.26 Å². The highest BCUT2D eigenvalue weighted by Gasteiger charge is 2.12. The Morgan fingerprint density at radius 2 is 1.61 bits per heavy atom. The zero-order valence-corrected chi connectivity index (χ0v) is 18.2. The summed E-state index contributed by atoms with van der Waals surface area (Å²) >= 11 is 0. The molecule has 0 aliphatic carbocycles. The quantitative estimate of drug-likeness (QED) is 0.392. The predicted molar refractivity (Wildman–Crippen MR) is 128 cm³/mol. The lowest BCUT2D eigenvalue weighted by Gasteiger charge is -2.23. The van der Waals surface area contributed by atoms with E-state index in [-0.39, 0.29) is 5.57 Å². The van der Waals surface area contributed by atoms with Crippen LogP contribution in [0.25, 0.3) is 6.08 Å². The first kappa shape index (κ1) is 21.9. The third-order valence-electron chi connectivity index (χ3n) is 5.25. The van der Waals surface area contributed by atoms with Crippen molar-refractivity contribution in [3.05, 3.63) is 101 Å². The molecule has 0 aliphatic rings. The minimum absolute atomic E-state index is 0.0760. The summed E-state index contributed by atoms with van der Waals surface area (Å²) in [6.07, 6.45) is 1.63. The molecule has 4 heteroatoms. The van der Waals surface area contributed by atoms with E-state index in [1.807, 2.05) is 80.6 Å². The average molecular weight is 410 g/mol. The van der Waals surface area contributed by atoms with Gasteiger partial charge in [0.25, 0.3) is 5.91 Å². The summed E-state index contributed by atoms with van der Waals surface area (Å²) in [5.74, 6) is -0.400. The van der Waals surface area contributed by atoms with Crippen LogP contribution in [0.2, 0.25) is 0 Å². The molecule has 31 heavy (non-hydrogen) atoms. The fraction of sp³-hybridized carbons (Fsp3) is 0.185. The number of para-hydroxylation sites is 1. The molecule has 0 radical (unpaired) electrons. The van der Waals surface area contributed by atoms with Crippen LogP contribution in [0, 0.1) is 25.2 Å². The van der Waals surface area contributed by atoms with Gasteiger partial charge in [-0.3, -0.25) is 4.79 Å². The topological polar surface area (TPSA) is 56.1 Å². The van der Waals surface area contributed by atoms with Gasteiger partial charge in [-0.25, -0.2) is 0 Å². The molecular weight excluding hydrogens is 382 g/mol. The normalized spacial score (nSPS) is 11.0. The third-order valence-corrected chi connectivity index (χ3v) is 5.25. The summed E-state index contributed by atoms with van der Waals surface area (Å²) in [7, 11) is 0. The number of carbonyl (C=O) groups is 1. The van der Waals surface area contributed by atoms with Crippen LogP contribution in [-0.2, 0) is 11.3 Å². The average Bonchev–Trinajstić information content (AvgIpc) is 2.79. The number of benzene rings is 3. The van der Waals surface area contributed by atoms with E-state index in [2.05, 4.69) is 29.3 Å². The lowest BCUT2D eigenvalue weighted by Crippen LogP contribution is -2.21. The molecule has 0 heterocycles. The molecular formula is C27H27N3O. The van der Waals surface area contributed by atoms with Gasteiger partial charge in [-0.2, -0.15) is 5.26 Å². The standard InChI is InChI=1S/C27H27N3O/c1-4-30(19-23-11-6-5-7-12-23)25-15-13-22(14-16-25)17-24(18-28)27(31)29-26-20(2)9-8-10-21(26)3/h5-17H,4,19H2,1-3H3,(H,29,31). The van der Waals surface area contributed by atoms with Gasteiger partial charge in [-0.15, -0.1) is 0 Å². The molecule has 0 aliphatic heterocycles. The largest absolute Gasteiger partial charge is 0.367 e. The highest BCUT2D eigenvalue weighted by atomic mass is 16.1. The van der Waals surface area contributed by atoms with Crippen LogP contribution in [0.15, 0.2) is 78.4 Å². The van der Waals surface area contributed by atoms with Crippen molar-refractivity contribution in [2.75, 3.05) is 16.8 Å². The molecule has 3 aromatic carbocycles. The molecule has 4 nitrogen and oxygen atoms in total. The van der Waals surface area contributed by atoms with Crippen molar-refractivity contribution in [2.45, 2.75) is 27.3 Å². The monoisotopic (exact) mass is 409 g/mol. The van der Waals surface area contributed by atoms with Crippen LogP contribution in [0.3, 0.4) is 0 Å². The van der Waals surface area contributed by atoms with E-state index in [0.717, 1.165) is 41.2 Å². The van der Waals surface area contributed by atoms with Gasteiger partial charge >= 0.3 is 0 Å². The first-order valence-corrected chi connectivity index (χ1v) is 10.4. The van der Waals surface area contributed by atoms with Crippen LogP contribution in [0.5, 0.6) is 0 Å². The molecule has 0 atom stereocenters. The van der Waals surface area contributed by atoms with E-state index in [9.17, 15) is 10.1 Å². The summed E-state index contributed by atoms with van der Waals surface area (Å²) in [4.78, 5) is 14.9. The second kappa shape index (κ2) is 10.3. The molecule has 156 valence electrons. The Kier molecular flexibility index (Phi) is 7.24. The van der Waals surface area contributed by atoms with Crippen LogP contribution >= 0.6 is 0 Å². The van der Waals surface area contributed by atoms with Gasteiger partial charge in [0, 0.05) is 24.5 Å². The zero-order chi connectivity index (χ0) is 22.2. The summed E-state index contributed by atoms with van der Waals surface area (Å²) < 4.78 is 0. The van der Waals surface area contributed by atoms with Crippen molar-refractivity contribution < 1.29 is 4.79 Å². The molecule has 0 saturated heterocycles. The van der Waals surface area contributed by atoms with Crippen molar-refractivity contribution >= 4 is 23.4 Å². The van der Waals surface area contributed by atoms with Gasteiger partial charge in [0.15, 0.2) is 0 Å². The van der Waals surface area contributed by atoms with Gasteiger partial charge in [-0.05, 0) is 61.2 Å². The Bertz CT molecular complexity index is 1090. The highest BCUT2D eigenvalue weighted by Crippen LogP contribution is 2.22. The summed E-state index contributed by atoms with van der Waals surface area (Å²) in [6.45, 7) is 7.71. The van der Waals surface area contributed by atoms with Crippen molar-refractivity contribution in [1.82, 2.24) is 0 Å². The fourth-order valence-corrected chi connectivity index (χ4v) is 3.48. The van der Waals surface area contributed by atoms with Crippen molar-refractivity contribution in [3.63, 3.8) is 0 Å². The number of hydrogen-bond donors (Lipinski definition) is 1. The summed E-state index contributed by atoms with van der Waals surface area (Å²) in [6, 6.07) is 26.1. The first-order valence-electron chi connectivity index (χ1n) is 10.4. The fourth-order valence-electron chi connectivity index (χ4n) is 3.48. The van der Waals surface area contributed by atoms with Gasteiger partial charge in [0.2, 0.25) is 0 Å². The van der Waals surface area contributed by atoms with E-state index < -0.39 is 5.91 Å². The van der Waals surface area contributed by atoms with E-state index in [0.29, 0.717) is 0 Å². The maximum absolute atomic E-state index is 12.7. The van der Waals surface area contributed by atoms with E-state index in [4.69, 9.17) is 0 Å². The first-order chi connectivity index (χ1) is 15.0. The SMILES string of the molecule is CCN(Cc1ccccc1)c1ccc(C=C(C#N)C(=O)Nc2c(C)cccc2C)cc1. The Morgan fingerprint density at radius 3 is 2.19 bits per heavy atom. The lowest BCUT2D eigenvalue weighted by atomic mass is 10.1. The van der Waals surface area contributed by atoms with E-state index in [1.54, 1.807) is 6.08 Å². The number of amides is 1. The molecule has 0 unspecified atom stereocenters. The molecule has 0 aromatic heterocycles. The van der Waals surface area contributed by atoms with Gasteiger partial charge in [0.05, 0.1) is 0 Å². The maximum Gasteiger partial charge on any atom is 0.266 e. The molecule has 3 aromatic rings. The number of rotatable bonds is 7. The third kappa shape index (κ3) is 5.61. The Balaban J connectivity index is 1.75. The summed E-state index contributed by atoms with van der Waals surface area (Å²) in [5, 5.41) is 12.4. The number of hydrogen-bond acceptors (Lipinski definition) is 3. The minimum Gasteiger partial charge on any atom is -0.367 e. The highest BCUT2D eigenvalue weighted by molar-refractivity contribution is 6.10. The maximum atomic E-state index is 12.7. The van der Waals surface area contributed by atoms with Crippen molar-refractivity contribution in [2.24, 2.45) is 0 Å². The molecule has 0 saturated carbocycles. The van der Waals surface area contributed by atoms with E-state index >= 15 is 0 Å². The van der Waals surface area contributed by atoms with Crippen LogP contribution in [0.1, 0.15) is 29.2 Å². The van der Waals surface area contributed by atoms with Gasteiger partial charge in [-0.1, -0.05) is 60.7 Å². The number of nitrogens with zero attached hydrogens (tertiary/aromatic N) is 2. The second-order valence-corrected chi connectivity index (χ2v) is 7.48. The molecule has 1 N–H and O–H groups in total. The van der Waals surface area contributed by atoms with Crippen molar-refractivity contribution in [3.8, 4) is 6.07 Å². The zero-order valence-electron chi connectivity index (χ0n) is 18.2. The van der Waals surface area contributed by atoms with Gasteiger partial charge in [0.1, 0.15) is 11.6 Å². The molecule has 0 bridgehead atoms. The minimum atomic E-state index is -0.400. The number of nitrogens with one attached hydrogen (secondary N) is 1. The van der Waals surface area contributed by atoms with Crippen LogP contribution in [-0.4, -0.2) is 12.5 Å². The Labute approximate surface area is 184 Å². The molecule has 0 fully saturated rings. The second-order valence-electron chi connectivity index (χ2n) is 7.48. The molecule has 1 amide bonds. The number of carbonyl (C=O) groups excluding carboxylic acids is 1.